The van der Waals surface area contributed by atoms with Gasteiger partial charge in [-0.3, -0.25) is 9.59 Å². The van der Waals surface area contributed by atoms with Gasteiger partial charge in [-0.05, 0) is 38.5 Å². The summed E-state index contributed by atoms with van der Waals surface area (Å²) in [5, 5.41) is 2.65. The van der Waals surface area contributed by atoms with Crippen molar-refractivity contribution in [2.45, 2.75) is 45.3 Å². The molecular weight excluding hydrogens is 278 g/mol. The fourth-order valence-electron chi connectivity index (χ4n) is 2.37. The van der Waals surface area contributed by atoms with Crippen LogP contribution in [0.1, 0.15) is 32.8 Å². The van der Waals surface area contributed by atoms with Gasteiger partial charge in [0.1, 0.15) is 23.2 Å². The van der Waals surface area contributed by atoms with Gasteiger partial charge in [0.05, 0.1) is 0 Å². The second-order valence-corrected chi connectivity index (χ2v) is 5.65. The van der Waals surface area contributed by atoms with Crippen LogP contribution in [0.5, 0.6) is 0 Å². The minimum atomic E-state index is -1.11. The third-order valence-electron chi connectivity index (χ3n) is 3.84. The van der Waals surface area contributed by atoms with Crippen LogP contribution >= 0.6 is 0 Å². The van der Waals surface area contributed by atoms with Crippen molar-refractivity contribution in [1.82, 2.24) is 10.2 Å². The van der Waals surface area contributed by atoms with E-state index < -0.39 is 23.2 Å². The lowest BCUT2D eigenvalue weighted by Gasteiger charge is -2.44. The Hall–Kier alpha value is -1.98. The van der Waals surface area contributed by atoms with Crippen molar-refractivity contribution in [3.8, 4) is 0 Å². The summed E-state index contributed by atoms with van der Waals surface area (Å²) in [7, 11) is 0. The van der Waals surface area contributed by atoms with E-state index in [0.717, 1.165) is 18.2 Å². The average Bonchev–Trinajstić information content (AvgIpc) is 2.43. The van der Waals surface area contributed by atoms with Crippen LogP contribution in [0.2, 0.25) is 0 Å². The number of hydrogen-bond donors (Lipinski definition) is 1. The lowest BCUT2D eigenvalue weighted by molar-refractivity contribution is -0.156. The first-order valence-electron chi connectivity index (χ1n) is 6.83. The molecule has 0 radical (unpaired) electrons. The van der Waals surface area contributed by atoms with Gasteiger partial charge in [0.25, 0.3) is 0 Å². The van der Waals surface area contributed by atoms with Crippen molar-refractivity contribution < 1.29 is 18.4 Å². The van der Waals surface area contributed by atoms with Crippen LogP contribution in [0, 0.1) is 11.6 Å². The minimum Gasteiger partial charge on any atom is -0.342 e. The van der Waals surface area contributed by atoms with Crippen molar-refractivity contribution in [1.29, 1.82) is 0 Å². The molecule has 1 saturated heterocycles. The Morgan fingerprint density at radius 3 is 2.57 bits per heavy atom. The summed E-state index contributed by atoms with van der Waals surface area (Å²) >= 11 is 0. The number of nitrogens with zero attached hydrogens (tertiary/aromatic N) is 1. The third kappa shape index (κ3) is 2.75. The first kappa shape index (κ1) is 15.4. The summed E-state index contributed by atoms with van der Waals surface area (Å²) < 4.78 is 27.0. The Morgan fingerprint density at radius 1 is 1.29 bits per heavy atom. The molecule has 1 unspecified atom stereocenters. The maximum absolute atomic E-state index is 13.8. The SMILES string of the molecule is CCC1NC(=O)C(C)(C)N(Cc2cc(F)ccc2F)C1=O. The van der Waals surface area contributed by atoms with Gasteiger partial charge in [-0.15, -0.1) is 0 Å². The van der Waals surface area contributed by atoms with Crippen LogP contribution in [-0.2, 0) is 16.1 Å². The van der Waals surface area contributed by atoms with E-state index in [4.69, 9.17) is 0 Å². The predicted octanol–water partition coefficient (Wildman–Crippen LogP) is 1.98. The largest absolute Gasteiger partial charge is 0.342 e. The van der Waals surface area contributed by atoms with E-state index >= 15 is 0 Å². The maximum Gasteiger partial charge on any atom is 0.246 e. The fourth-order valence-corrected chi connectivity index (χ4v) is 2.37. The first-order chi connectivity index (χ1) is 9.77. The molecule has 2 amide bonds. The van der Waals surface area contributed by atoms with Crippen molar-refractivity contribution in [2.24, 2.45) is 0 Å². The number of halogens is 2. The van der Waals surface area contributed by atoms with Crippen LogP contribution in [-0.4, -0.2) is 28.3 Å². The lowest BCUT2D eigenvalue weighted by atomic mass is 9.94. The summed E-state index contributed by atoms with van der Waals surface area (Å²) in [4.78, 5) is 25.8. The monoisotopic (exact) mass is 296 g/mol. The molecule has 0 aliphatic carbocycles. The highest BCUT2D eigenvalue weighted by Gasteiger charge is 2.45. The molecule has 0 saturated carbocycles. The fraction of sp³-hybridized carbons (Fsp3) is 0.467. The zero-order valence-electron chi connectivity index (χ0n) is 12.2. The summed E-state index contributed by atoms with van der Waals surface area (Å²) in [5.41, 5.74) is -1.05. The molecule has 4 nitrogen and oxygen atoms in total. The second-order valence-electron chi connectivity index (χ2n) is 5.65. The summed E-state index contributed by atoms with van der Waals surface area (Å²) in [6.07, 6.45) is 0.447. The smallest absolute Gasteiger partial charge is 0.246 e. The van der Waals surface area contributed by atoms with Crippen LogP contribution in [0.25, 0.3) is 0 Å². The Kier molecular flexibility index (Phi) is 3.98. The molecule has 21 heavy (non-hydrogen) atoms. The van der Waals surface area contributed by atoms with Crippen molar-refractivity contribution >= 4 is 11.8 Å². The number of hydrogen-bond acceptors (Lipinski definition) is 2. The molecule has 0 aromatic heterocycles. The second kappa shape index (κ2) is 5.42. The summed E-state index contributed by atoms with van der Waals surface area (Å²) in [5.74, 6) is -1.76. The number of amides is 2. The van der Waals surface area contributed by atoms with E-state index in [-0.39, 0.29) is 23.9 Å². The number of benzene rings is 1. The zero-order chi connectivity index (χ0) is 15.8. The van der Waals surface area contributed by atoms with E-state index in [1.54, 1.807) is 20.8 Å². The Morgan fingerprint density at radius 2 is 1.95 bits per heavy atom. The number of piperazine rings is 1. The number of nitrogens with one attached hydrogen (secondary N) is 1. The van der Waals surface area contributed by atoms with E-state index in [1.165, 1.54) is 4.90 Å². The molecule has 1 aromatic carbocycles. The standard InChI is InChI=1S/C15H18F2N2O2/c1-4-12-13(20)19(15(2,3)14(21)18-12)8-9-7-10(16)5-6-11(9)17/h5-7,12H,4,8H2,1-3H3,(H,18,21). The topological polar surface area (TPSA) is 49.4 Å². The third-order valence-corrected chi connectivity index (χ3v) is 3.84. The molecule has 1 atom stereocenters. The normalized spacial score (nSPS) is 21.4. The maximum atomic E-state index is 13.8. The van der Waals surface area contributed by atoms with Gasteiger partial charge in [0.2, 0.25) is 11.8 Å². The van der Waals surface area contributed by atoms with Gasteiger partial charge >= 0.3 is 0 Å². The van der Waals surface area contributed by atoms with Crippen LogP contribution < -0.4 is 5.32 Å². The molecule has 2 rings (SSSR count). The lowest BCUT2D eigenvalue weighted by Crippen LogP contribution is -2.67. The minimum absolute atomic E-state index is 0.0565. The van der Waals surface area contributed by atoms with Gasteiger partial charge in [0, 0.05) is 12.1 Å². The molecule has 0 bridgehead atoms. The van der Waals surface area contributed by atoms with E-state index in [1.807, 2.05) is 0 Å². The molecule has 1 aromatic rings. The van der Waals surface area contributed by atoms with Crippen molar-refractivity contribution in [3.63, 3.8) is 0 Å². The molecule has 1 heterocycles. The highest BCUT2D eigenvalue weighted by atomic mass is 19.1. The average molecular weight is 296 g/mol. The van der Waals surface area contributed by atoms with E-state index in [9.17, 15) is 18.4 Å². The molecule has 1 fully saturated rings. The Balaban J connectivity index is 2.36. The summed E-state index contributed by atoms with van der Waals surface area (Å²) in [6.45, 7) is 4.81. The zero-order valence-corrected chi connectivity index (χ0v) is 12.2. The Bertz CT molecular complexity index is 587. The molecule has 1 N–H and O–H groups in total. The number of rotatable bonds is 3. The van der Waals surface area contributed by atoms with Crippen molar-refractivity contribution in [3.05, 3.63) is 35.4 Å². The molecule has 1 aliphatic heterocycles. The molecule has 1 aliphatic rings. The number of carbonyl (C=O) groups is 2. The highest BCUT2D eigenvalue weighted by molar-refractivity contribution is 5.99. The van der Waals surface area contributed by atoms with E-state index in [0.29, 0.717) is 6.42 Å². The van der Waals surface area contributed by atoms with Gasteiger partial charge < -0.3 is 10.2 Å². The van der Waals surface area contributed by atoms with Crippen LogP contribution in [0.4, 0.5) is 8.78 Å². The predicted molar refractivity (Wildman–Crippen MR) is 73.2 cm³/mol. The van der Waals surface area contributed by atoms with Crippen LogP contribution in [0.15, 0.2) is 18.2 Å². The molecule has 6 heteroatoms. The van der Waals surface area contributed by atoms with Gasteiger partial charge in [-0.1, -0.05) is 6.92 Å². The summed E-state index contributed by atoms with van der Waals surface area (Å²) in [6, 6.07) is 2.46. The number of carbonyl (C=O) groups excluding carboxylic acids is 2. The van der Waals surface area contributed by atoms with Crippen molar-refractivity contribution in [2.75, 3.05) is 0 Å². The highest BCUT2D eigenvalue weighted by Crippen LogP contribution is 2.25. The quantitative estimate of drug-likeness (QED) is 0.927. The van der Waals surface area contributed by atoms with Gasteiger partial charge in [0.15, 0.2) is 0 Å². The first-order valence-corrected chi connectivity index (χ1v) is 6.83. The molecule has 0 spiro atoms. The van der Waals surface area contributed by atoms with Crippen LogP contribution in [0.3, 0.4) is 0 Å². The Labute approximate surface area is 122 Å². The molecular formula is C15H18F2N2O2. The van der Waals surface area contributed by atoms with Gasteiger partial charge in [-0.25, -0.2) is 8.78 Å². The molecule has 114 valence electrons. The van der Waals surface area contributed by atoms with Gasteiger partial charge in [-0.2, -0.15) is 0 Å². The van der Waals surface area contributed by atoms with E-state index in [2.05, 4.69) is 5.32 Å².